The molecule has 0 saturated heterocycles. The van der Waals surface area contributed by atoms with Gasteiger partial charge in [0, 0.05) is 24.3 Å². The fourth-order valence-corrected chi connectivity index (χ4v) is 8.09. The van der Waals surface area contributed by atoms with Crippen molar-refractivity contribution < 1.29 is 55.5 Å². The number of nitrogens with one attached hydrogen (secondary N) is 6. The summed E-state index contributed by atoms with van der Waals surface area (Å²) in [5.41, 5.74) is 1.81. The number of hydrogen-bond donors (Lipinski definition) is 7. The molecule has 346 valence electrons. The van der Waals surface area contributed by atoms with Gasteiger partial charge in [-0.3, -0.25) is 33.6 Å². The van der Waals surface area contributed by atoms with E-state index in [9.17, 15) is 55.5 Å². The molecule has 0 aliphatic heterocycles. The zero-order valence-electron chi connectivity index (χ0n) is 36.7. The number of Topliss-reactive ketones (excluding diaryl/α,β-unsaturated/α-hetero) is 1. The first-order chi connectivity index (χ1) is 28.9. The molecule has 20 heteroatoms. The molecule has 7 atom stereocenters. The molecule has 0 saturated carbocycles. The molecule has 7 N–H and O–H groups in total. The van der Waals surface area contributed by atoms with E-state index in [1.807, 2.05) is 74.5 Å². The molecule has 0 spiro atoms. The third kappa shape index (κ3) is 22.1. The van der Waals surface area contributed by atoms with Crippen LogP contribution in [0.5, 0.6) is 0 Å². The molecule has 62 heavy (non-hydrogen) atoms. The van der Waals surface area contributed by atoms with Crippen LogP contribution in [0.25, 0.3) is 0 Å². The molecule has 2 aromatic carbocycles. The van der Waals surface area contributed by atoms with Crippen LogP contribution in [0.3, 0.4) is 0 Å². The van der Waals surface area contributed by atoms with Crippen LogP contribution >= 0.6 is 0 Å². The molecule has 0 bridgehead atoms. The second-order valence-electron chi connectivity index (χ2n) is 15.3. The zero-order valence-corrected chi connectivity index (χ0v) is 38.4. The van der Waals surface area contributed by atoms with Gasteiger partial charge < -0.3 is 37.0 Å². The first-order valence-corrected chi connectivity index (χ1v) is 24.4. The minimum Gasteiger partial charge on any atom is -0.381 e. The van der Waals surface area contributed by atoms with Gasteiger partial charge >= 0.3 is 0 Å². The summed E-state index contributed by atoms with van der Waals surface area (Å²) in [6.07, 6.45) is 2.08. The molecule has 0 radical (unpaired) electrons. The molecule has 0 fully saturated rings. The van der Waals surface area contributed by atoms with Crippen molar-refractivity contribution in [2.75, 3.05) is 37.1 Å². The maximum atomic E-state index is 12.5. The fraction of sp³-hybridized carbons (Fsp3) is 0.548. The Kier molecular flexibility index (Phi) is 23.8. The Hall–Kier alpha value is -5.21. The Morgan fingerprint density at radius 1 is 0.565 bits per heavy atom. The van der Waals surface area contributed by atoms with Crippen LogP contribution in [0.1, 0.15) is 90.4 Å². The van der Waals surface area contributed by atoms with Gasteiger partial charge in [-0.15, -0.1) is 0 Å². The minimum atomic E-state index is -3.37. The minimum absolute atomic E-state index is 0.209. The Balaban J connectivity index is 0.000000620. The lowest BCUT2D eigenvalue weighted by Gasteiger charge is -2.24. The SMILES string of the molecule is CCCC(NC(=O)C(C)CS(C)(=O)=O)C(=O)C(=O)NCC(=O)N[C@H](C)c1ccccc1.CCCC(NC(=O)C(C)CS(C)(=O)=O)C(O)C(=O)NCC(=O)N[C@H](C)c1ccccc1. The maximum absolute atomic E-state index is 12.5. The predicted octanol–water partition coefficient (Wildman–Crippen LogP) is 0.821. The second-order valence-corrected chi connectivity index (χ2v) is 19.7. The Bertz CT molecular complexity index is 2020. The van der Waals surface area contributed by atoms with Gasteiger partial charge in [0.25, 0.3) is 11.8 Å². The van der Waals surface area contributed by atoms with E-state index in [0.717, 1.165) is 23.6 Å². The average Bonchev–Trinajstić information content (AvgIpc) is 3.20. The first kappa shape index (κ1) is 54.8. The molecular weight excluding hydrogens is 845 g/mol. The summed E-state index contributed by atoms with van der Waals surface area (Å²) in [5, 5.41) is 25.5. The first-order valence-electron chi connectivity index (χ1n) is 20.3. The number of rotatable bonds is 24. The van der Waals surface area contributed by atoms with Gasteiger partial charge in [-0.25, -0.2) is 16.8 Å². The number of carbonyl (C=O) groups is 7. The van der Waals surface area contributed by atoms with E-state index in [4.69, 9.17) is 0 Å². The van der Waals surface area contributed by atoms with E-state index in [2.05, 4.69) is 31.9 Å². The number of amides is 6. The van der Waals surface area contributed by atoms with E-state index in [-0.39, 0.29) is 43.1 Å². The van der Waals surface area contributed by atoms with Crippen LogP contribution < -0.4 is 31.9 Å². The van der Waals surface area contributed by atoms with Crippen molar-refractivity contribution in [3.8, 4) is 0 Å². The summed E-state index contributed by atoms with van der Waals surface area (Å²) in [6, 6.07) is 16.1. The number of sulfone groups is 2. The summed E-state index contributed by atoms with van der Waals surface area (Å²) < 4.78 is 45.5. The van der Waals surface area contributed by atoms with Gasteiger partial charge in [-0.1, -0.05) is 101 Å². The van der Waals surface area contributed by atoms with Crippen molar-refractivity contribution in [2.45, 2.75) is 97.5 Å². The molecule has 0 aliphatic rings. The van der Waals surface area contributed by atoms with Gasteiger partial charge in [0.2, 0.25) is 29.4 Å². The predicted molar refractivity (Wildman–Crippen MR) is 234 cm³/mol. The molecule has 0 heterocycles. The van der Waals surface area contributed by atoms with Crippen molar-refractivity contribution in [2.24, 2.45) is 11.8 Å². The van der Waals surface area contributed by atoms with E-state index in [1.54, 1.807) is 13.8 Å². The van der Waals surface area contributed by atoms with Crippen molar-refractivity contribution in [1.82, 2.24) is 31.9 Å². The van der Waals surface area contributed by atoms with Gasteiger partial charge in [0.1, 0.15) is 19.7 Å². The van der Waals surface area contributed by atoms with Crippen molar-refractivity contribution >= 4 is 60.9 Å². The molecule has 0 aliphatic carbocycles. The lowest BCUT2D eigenvalue weighted by molar-refractivity contribution is -0.141. The molecule has 0 aromatic heterocycles. The maximum Gasteiger partial charge on any atom is 0.290 e. The van der Waals surface area contributed by atoms with E-state index in [1.165, 1.54) is 13.8 Å². The quantitative estimate of drug-likeness (QED) is 0.0722. The number of ketones is 1. The summed E-state index contributed by atoms with van der Waals surface area (Å²) >= 11 is 0. The van der Waals surface area contributed by atoms with E-state index in [0.29, 0.717) is 19.3 Å². The monoisotopic (exact) mass is 908 g/mol. The van der Waals surface area contributed by atoms with Gasteiger partial charge in [-0.05, 0) is 37.8 Å². The number of aliphatic hydroxyl groups excluding tert-OH is 1. The Labute approximate surface area is 365 Å². The largest absolute Gasteiger partial charge is 0.381 e. The van der Waals surface area contributed by atoms with E-state index >= 15 is 0 Å². The van der Waals surface area contributed by atoms with Crippen LogP contribution in [-0.4, -0.2) is 118 Å². The fourth-order valence-electron chi connectivity index (χ4n) is 5.97. The van der Waals surface area contributed by atoms with E-state index < -0.39 is 90.9 Å². The van der Waals surface area contributed by atoms with Crippen LogP contribution in [0.2, 0.25) is 0 Å². The van der Waals surface area contributed by atoms with Crippen LogP contribution in [0, 0.1) is 11.8 Å². The highest BCUT2D eigenvalue weighted by atomic mass is 32.2. The summed E-state index contributed by atoms with van der Waals surface area (Å²) in [5.74, 6) is -7.13. The lowest BCUT2D eigenvalue weighted by Crippen LogP contribution is -2.53. The van der Waals surface area contributed by atoms with Crippen LogP contribution in [0.4, 0.5) is 0 Å². The molecule has 18 nitrogen and oxygen atoms in total. The summed E-state index contributed by atoms with van der Waals surface area (Å²) in [7, 11) is -6.72. The van der Waals surface area contributed by atoms with Crippen LogP contribution in [0.15, 0.2) is 60.7 Å². The van der Waals surface area contributed by atoms with Crippen molar-refractivity contribution in [1.29, 1.82) is 0 Å². The standard InChI is InChI=1S/C21H33N3O6S.C21H31N3O6S/c2*1-5-9-17(24-20(27)14(2)13-31(4,29)30)19(26)21(28)22-12-18(25)23-15(3)16-10-7-6-8-11-16/h6-8,10-11,14-15,17,19,26H,5,9,12-13H2,1-4H3,(H,22,28)(H,23,25)(H,24,27);6-8,10-11,14-15,17H,5,9,12-13H2,1-4H3,(H,22,28)(H,23,25)(H,24,27)/t14?,15-,17?,19?;14?,15-,17?/m11/s1. The number of carbonyl (C=O) groups excluding carboxylic acids is 7. The highest BCUT2D eigenvalue weighted by Crippen LogP contribution is 2.12. The number of aliphatic hydroxyl groups is 1. The molecule has 6 amide bonds. The zero-order chi connectivity index (χ0) is 47.2. The highest BCUT2D eigenvalue weighted by molar-refractivity contribution is 7.90. The summed E-state index contributed by atoms with van der Waals surface area (Å²) in [6.45, 7) is 9.39. The smallest absolute Gasteiger partial charge is 0.290 e. The number of benzene rings is 2. The van der Waals surface area contributed by atoms with Crippen molar-refractivity contribution in [3.63, 3.8) is 0 Å². The van der Waals surface area contributed by atoms with Gasteiger partial charge in [0.05, 0.1) is 48.8 Å². The molecule has 2 aromatic rings. The third-order valence-corrected chi connectivity index (χ3v) is 11.4. The lowest BCUT2D eigenvalue weighted by atomic mass is 10.0. The third-order valence-electron chi connectivity index (χ3n) is 9.20. The Morgan fingerprint density at radius 3 is 1.37 bits per heavy atom. The molecule has 5 unspecified atom stereocenters. The normalized spacial score (nSPS) is 14.7. The number of hydrogen-bond acceptors (Lipinski definition) is 12. The van der Waals surface area contributed by atoms with Crippen molar-refractivity contribution in [3.05, 3.63) is 71.8 Å². The highest BCUT2D eigenvalue weighted by Gasteiger charge is 2.31. The van der Waals surface area contributed by atoms with Gasteiger partial charge in [0.15, 0.2) is 6.10 Å². The van der Waals surface area contributed by atoms with Crippen LogP contribution in [-0.2, 0) is 53.2 Å². The molecular formula is C42H64N6O12S2. The summed E-state index contributed by atoms with van der Waals surface area (Å²) in [4.78, 5) is 85.7. The second kappa shape index (κ2) is 27.0. The average molecular weight is 909 g/mol. The van der Waals surface area contributed by atoms with Gasteiger partial charge in [-0.2, -0.15) is 0 Å². The topological polar surface area (TPSA) is 280 Å². The molecule has 2 rings (SSSR count). The Morgan fingerprint density at radius 2 is 0.968 bits per heavy atom.